The third-order valence-corrected chi connectivity index (χ3v) is 4.33. The number of benzene rings is 1. The van der Waals surface area contributed by atoms with E-state index in [4.69, 9.17) is 4.74 Å². The van der Waals surface area contributed by atoms with Crippen molar-refractivity contribution < 1.29 is 23.0 Å². The Morgan fingerprint density at radius 2 is 2.14 bits per heavy atom. The smallest absolute Gasteiger partial charge is 0.387 e. The van der Waals surface area contributed by atoms with Crippen molar-refractivity contribution in [2.24, 2.45) is 0 Å². The van der Waals surface area contributed by atoms with E-state index in [9.17, 15) is 13.6 Å². The molecule has 0 atom stereocenters. The maximum atomic E-state index is 12.5. The van der Waals surface area contributed by atoms with E-state index in [0.717, 1.165) is 8.66 Å². The first-order valence-corrected chi connectivity index (χ1v) is 7.76. The summed E-state index contributed by atoms with van der Waals surface area (Å²) in [5.41, 5.74) is -0.00438. The van der Waals surface area contributed by atoms with E-state index in [1.807, 2.05) is 12.1 Å². The number of halogens is 3. The highest BCUT2D eigenvalue weighted by atomic mass is 79.9. The number of carbonyl (C=O) groups excluding carboxylic acids is 1. The Hall–Kier alpha value is -1.67. The van der Waals surface area contributed by atoms with E-state index in [1.165, 1.54) is 36.6 Å². The fourth-order valence-corrected chi connectivity index (χ4v) is 3.20. The number of carbonyl (C=O) groups is 1. The van der Waals surface area contributed by atoms with E-state index >= 15 is 0 Å². The molecule has 0 saturated heterocycles. The van der Waals surface area contributed by atoms with Gasteiger partial charge < -0.3 is 14.8 Å². The second kappa shape index (κ2) is 7.55. The Bertz CT molecular complexity index is 663. The standard InChI is InChI=1S/C14H12BrF2NO3S/c1-20-10-4-2-3-9(12(10)21-14(16)17)13(19)18-7-8-5-6-11(15)22-8/h2-6,14H,7H2,1H3,(H,18,19). The van der Waals surface area contributed by atoms with Gasteiger partial charge in [0.05, 0.1) is 23.0 Å². The molecule has 8 heteroatoms. The summed E-state index contributed by atoms with van der Waals surface area (Å²) < 4.78 is 35.4. The lowest BCUT2D eigenvalue weighted by Gasteiger charge is -2.14. The van der Waals surface area contributed by atoms with Crippen molar-refractivity contribution in [2.75, 3.05) is 7.11 Å². The molecule has 4 nitrogen and oxygen atoms in total. The molecule has 0 fully saturated rings. The van der Waals surface area contributed by atoms with E-state index < -0.39 is 12.5 Å². The van der Waals surface area contributed by atoms with Crippen LogP contribution in [-0.2, 0) is 6.54 Å². The quantitative estimate of drug-likeness (QED) is 0.807. The van der Waals surface area contributed by atoms with Crippen LogP contribution in [0, 0.1) is 0 Å². The van der Waals surface area contributed by atoms with Gasteiger partial charge in [0.25, 0.3) is 5.91 Å². The second-order valence-corrected chi connectivity index (χ2v) is 6.65. The molecule has 1 heterocycles. The zero-order valence-electron chi connectivity index (χ0n) is 11.4. The van der Waals surface area contributed by atoms with Crippen LogP contribution in [0.3, 0.4) is 0 Å². The van der Waals surface area contributed by atoms with Crippen LogP contribution in [0.5, 0.6) is 11.5 Å². The van der Waals surface area contributed by atoms with Crippen LogP contribution < -0.4 is 14.8 Å². The van der Waals surface area contributed by atoms with Crippen molar-refractivity contribution in [3.8, 4) is 11.5 Å². The number of methoxy groups -OCH3 is 1. The van der Waals surface area contributed by atoms with Crippen LogP contribution >= 0.6 is 27.3 Å². The number of amides is 1. The lowest BCUT2D eigenvalue weighted by atomic mass is 10.1. The number of thiophene rings is 1. The fraction of sp³-hybridized carbons (Fsp3) is 0.214. The molecule has 0 aliphatic rings. The molecular formula is C14H12BrF2NO3S. The minimum Gasteiger partial charge on any atom is -0.493 e. The SMILES string of the molecule is COc1cccc(C(=O)NCc2ccc(Br)s2)c1OC(F)F. The van der Waals surface area contributed by atoms with Gasteiger partial charge in [-0.1, -0.05) is 6.07 Å². The molecule has 1 N–H and O–H groups in total. The molecule has 1 amide bonds. The lowest BCUT2D eigenvalue weighted by molar-refractivity contribution is -0.0515. The van der Waals surface area contributed by atoms with Crippen LogP contribution in [0.1, 0.15) is 15.2 Å². The van der Waals surface area contributed by atoms with E-state index in [0.29, 0.717) is 6.54 Å². The summed E-state index contributed by atoms with van der Waals surface area (Å²) in [7, 11) is 1.32. The number of nitrogens with one attached hydrogen (secondary N) is 1. The summed E-state index contributed by atoms with van der Waals surface area (Å²) in [6.07, 6.45) is 0. The summed E-state index contributed by atoms with van der Waals surface area (Å²) in [5, 5.41) is 2.66. The summed E-state index contributed by atoms with van der Waals surface area (Å²) in [5.74, 6) is -0.712. The van der Waals surface area contributed by atoms with Gasteiger partial charge in [0, 0.05) is 4.88 Å². The predicted octanol–water partition coefficient (Wildman–Crippen LogP) is 4.05. The highest BCUT2D eigenvalue weighted by molar-refractivity contribution is 9.11. The second-order valence-electron chi connectivity index (χ2n) is 4.10. The zero-order chi connectivity index (χ0) is 16.1. The maximum Gasteiger partial charge on any atom is 0.387 e. The Kier molecular flexibility index (Phi) is 5.73. The zero-order valence-corrected chi connectivity index (χ0v) is 13.8. The van der Waals surface area contributed by atoms with Crippen molar-refractivity contribution >= 4 is 33.2 Å². The third kappa shape index (κ3) is 4.17. The van der Waals surface area contributed by atoms with Gasteiger partial charge in [-0.2, -0.15) is 8.78 Å². The largest absolute Gasteiger partial charge is 0.493 e. The number of ether oxygens (including phenoxy) is 2. The molecule has 0 saturated carbocycles. The van der Waals surface area contributed by atoms with Crippen LogP contribution in [0.25, 0.3) is 0 Å². The van der Waals surface area contributed by atoms with Gasteiger partial charge in [0.1, 0.15) is 0 Å². The number of hydrogen-bond donors (Lipinski definition) is 1. The molecule has 22 heavy (non-hydrogen) atoms. The van der Waals surface area contributed by atoms with Gasteiger partial charge in [0.15, 0.2) is 11.5 Å². The minimum absolute atomic E-state index is 0.00438. The average molecular weight is 392 g/mol. The Labute approximate surface area is 138 Å². The summed E-state index contributed by atoms with van der Waals surface area (Å²) >= 11 is 4.80. The summed E-state index contributed by atoms with van der Waals surface area (Å²) in [6, 6.07) is 8.11. The number of hydrogen-bond acceptors (Lipinski definition) is 4. The first kappa shape index (κ1) is 16.7. The predicted molar refractivity (Wildman–Crippen MR) is 82.8 cm³/mol. The Balaban J connectivity index is 2.17. The van der Waals surface area contributed by atoms with Gasteiger partial charge in [-0.3, -0.25) is 4.79 Å². The molecule has 1 aromatic heterocycles. The van der Waals surface area contributed by atoms with Crippen LogP contribution in [0.2, 0.25) is 0 Å². The summed E-state index contributed by atoms with van der Waals surface area (Å²) in [4.78, 5) is 13.1. The van der Waals surface area contributed by atoms with Gasteiger partial charge in [-0.15, -0.1) is 11.3 Å². The van der Waals surface area contributed by atoms with Gasteiger partial charge in [-0.25, -0.2) is 0 Å². The molecule has 0 unspecified atom stereocenters. The van der Waals surface area contributed by atoms with Crippen molar-refractivity contribution in [1.82, 2.24) is 5.32 Å². The Morgan fingerprint density at radius 3 is 2.73 bits per heavy atom. The minimum atomic E-state index is -3.05. The third-order valence-electron chi connectivity index (χ3n) is 2.70. The van der Waals surface area contributed by atoms with Crippen LogP contribution in [0.4, 0.5) is 8.78 Å². The topological polar surface area (TPSA) is 47.6 Å². The molecule has 118 valence electrons. The molecule has 0 aliphatic heterocycles. The van der Waals surface area contributed by atoms with E-state index in [-0.39, 0.29) is 17.1 Å². The number of rotatable bonds is 6. The molecule has 2 rings (SSSR count). The molecule has 2 aromatic rings. The van der Waals surface area contributed by atoms with Crippen molar-refractivity contribution in [3.63, 3.8) is 0 Å². The van der Waals surface area contributed by atoms with Crippen molar-refractivity contribution in [1.29, 1.82) is 0 Å². The number of para-hydroxylation sites is 1. The highest BCUT2D eigenvalue weighted by Gasteiger charge is 2.20. The number of alkyl halides is 2. The van der Waals surface area contributed by atoms with E-state index in [2.05, 4.69) is 26.0 Å². The molecule has 1 aromatic carbocycles. The van der Waals surface area contributed by atoms with Gasteiger partial charge >= 0.3 is 6.61 Å². The first-order valence-electron chi connectivity index (χ1n) is 6.15. The van der Waals surface area contributed by atoms with Gasteiger partial charge in [0.2, 0.25) is 0 Å². The normalized spacial score (nSPS) is 10.6. The average Bonchev–Trinajstić information content (AvgIpc) is 2.90. The van der Waals surface area contributed by atoms with Crippen molar-refractivity contribution in [3.05, 3.63) is 44.6 Å². The molecule has 0 radical (unpaired) electrons. The molecular weight excluding hydrogens is 380 g/mol. The molecule has 0 spiro atoms. The summed E-state index contributed by atoms with van der Waals surface area (Å²) in [6.45, 7) is -2.75. The van der Waals surface area contributed by atoms with Crippen molar-refractivity contribution in [2.45, 2.75) is 13.2 Å². The molecule has 0 aliphatic carbocycles. The lowest BCUT2D eigenvalue weighted by Crippen LogP contribution is -2.23. The molecule has 0 bridgehead atoms. The maximum absolute atomic E-state index is 12.5. The Morgan fingerprint density at radius 1 is 1.36 bits per heavy atom. The van der Waals surface area contributed by atoms with Crippen LogP contribution in [-0.4, -0.2) is 19.6 Å². The van der Waals surface area contributed by atoms with Crippen LogP contribution in [0.15, 0.2) is 34.1 Å². The highest BCUT2D eigenvalue weighted by Crippen LogP contribution is 2.32. The van der Waals surface area contributed by atoms with Gasteiger partial charge in [-0.05, 0) is 40.2 Å². The monoisotopic (exact) mass is 391 g/mol. The first-order chi connectivity index (χ1) is 10.5. The van der Waals surface area contributed by atoms with E-state index in [1.54, 1.807) is 0 Å². The fourth-order valence-electron chi connectivity index (χ4n) is 1.78.